The van der Waals surface area contributed by atoms with Crippen molar-refractivity contribution in [1.29, 1.82) is 0 Å². The third kappa shape index (κ3) is 3.92. The van der Waals surface area contributed by atoms with Crippen LogP contribution in [0.4, 0.5) is 10.5 Å². The summed E-state index contributed by atoms with van der Waals surface area (Å²) in [6.07, 6.45) is 0. The molecule has 1 heterocycles. The zero-order valence-corrected chi connectivity index (χ0v) is 18.5. The van der Waals surface area contributed by atoms with E-state index in [1.54, 1.807) is 52.2 Å². The first-order valence-corrected chi connectivity index (χ1v) is 11.3. The fourth-order valence-corrected chi connectivity index (χ4v) is 5.48. The molecule has 0 aliphatic carbocycles. The van der Waals surface area contributed by atoms with Crippen LogP contribution in [0.3, 0.4) is 0 Å². The van der Waals surface area contributed by atoms with Crippen LogP contribution in [0.2, 0.25) is 0 Å². The number of rotatable bonds is 4. The minimum absolute atomic E-state index is 0.0489. The maximum atomic E-state index is 12.8. The summed E-state index contributed by atoms with van der Waals surface area (Å²) in [6, 6.07) is 10.2. The van der Waals surface area contributed by atoms with Crippen molar-refractivity contribution in [3.63, 3.8) is 0 Å². The highest BCUT2D eigenvalue weighted by molar-refractivity contribution is 8.13. The molecule has 2 aromatic rings. The largest absolute Gasteiger partial charge is 0.339 e. The Hall–Kier alpha value is -2.85. The zero-order chi connectivity index (χ0) is 22.2. The second kappa shape index (κ2) is 8.11. The van der Waals surface area contributed by atoms with Crippen molar-refractivity contribution in [2.45, 2.75) is 29.7 Å². The average Bonchev–Trinajstić information content (AvgIpc) is 2.88. The van der Waals surface area contributed by atoms with Gasteiger partial charge in [-0.3, -0.25) is 14.4 Å². The third-order valence-electron chi connectivity index (χ3n) is 4.38. The lowest BCUT2D eigenvalue weighted by atomic mass is 10.1. The molecule has 0 saturated carbocycles. The van der Waals surface area contributed by atoms with Gasteiger partial charge in [0.2, 0.25) is 0 Å². The Balaban J connectivity index is 1.91. The number of fused-ring (bicyclic) bond motifs is 1. The van der Waals surface area contributed by atoms with Crippen LogP contribution < -0.4 is 5.32 Å². The lowest BCUT2D eigenvalue weighted by Crippen LogP contribution is -2.36. The van der Waals surface area contributed by atoms with E-state index in [1.807, 2.05) is 0 Å². The molecule has 0 atom stereocenters. The van der Waals surface area contributed by atoms with Crippen molar-refractivity contribution in [3.05, 3.63) is 53.6 Å². The van der Waals surface area contributed by atoms with E-state index >= 15 is 0 Å². The predicted octanol–water partition coefficient (Wildman–Crippen LogP) is 3.27. The van der Waals surface area contributed by atoms with Gasteiger partial charge in [0.1, 0.15) is 4.90 Å². The van der Waals surface area contributed by atoms with Gasteiger partial charge in [0, 0.05) is 30.6 Å². The van der Waals surface area contributed by atoms with Crippen molar-refractivity contribution in [2.24, 2.45) is 0 Å². The number of para-hydroxylation sites is 1. The van der Waals surface area contributed by atoms with Crippen molar-refractivity contribution in [1.82, 2.24) is 9.21 Å². The normalized spacial score (nSPS) is 14.6. The smallest absolute Gasteiger partial charge is 0.286 e. The summed E-state index contributed by atoms with van der Waals surface area (Å²) in [5.74, 6) is -1.15. The Labute approximate surface area is 179 Å². The van der Waals surface area contributed by atoms with E-state index in [4.69, 9.17) is 0 Å². The maximum Gasteiger partial charge on any atom is 0.286 e. The number of sulfonamides is 1. The number of thioether (sulfide) groups is 1. The first kappa shape index (κ1) is 21.8. The van der Waals surface area contributed by atoms with E-state index in [1.165, 1.54) is 23.1 Å². The summed E-state index contributed by atoms with van der Waals surface area (Å²) >= 11 is 0.964. The van der Waals surface area contributed by atoms with Crippen LogP contribution in [0.15, 0.2) is 52.3 Å². The Bertz CT molecular complexity index is 1140. The van der Waals surface area contributed by atoms with Crippen LogP contribution in [0.1, 0.15) is 34.6 Å². The molecule has 0 unspecified atom stereocenters. The van der Waals surface area contributed by atoms with Gasteiger partial charge in [0.25, 0.3) is 27.1 Å². The highest BCUT2D eigenvalue weighted by atomic mass is 32.2. The van der Waals surface area contributed by atoms with Crippen molar-refractivity contribution >= 4 is 44.5 Å². The van der Waals surface area contributed by atoms with Gasteiger partial charge < -0.3 is 10.2 Å². The third-order valence-corrected chi connectivity index (χ3v) is 7.49. The molecule has 1 aliphatic heterocycles. The molecule has 2 aromatic carbocycles. The van der Waals surface area contributed by atoms with Crippen LogP contribution in [0, 0.1) is 0 Å². The first-order valence-electron chi connectivity index (χ1n) is 9.06. The Morgan fingerprint density at radius 1 is 1.10 bits per heavy atom. The van der Waals surface area contributed by atoms with Crippen molar-refractivity contribution < 1.29 is 22.8 Å². The number of nitrogens with one attached hydrogen (secondary N) is 1. The van der Waals surface area contributed by atoms with Crippen LogP contribution >= 0.6 is 11.8 Å². The average molecular weight is 448 g/mol. The van der Waals surface area contributed by atoms with E-state index in [2.05, 4.69) is 5.32 Å². The molecule has 158 valence electrons. The number of hydrogen-bond acceptors (Lipinski definition) is 6. The molecule has 3 rings (SSSR count). The maximum absolute atomic E-state index is 12.8. The van der Waals surface area contributed by atoms with E-state index < -0.39 is 27.9 Å². The van der Waals surface area contributed by atoms with Crippen molar-refractivity contribution in [3.8, 4) is 0 Å². The molecule has 10 heteroatoms. The van der Waals surface area contributed by atoms with Gasteiger partial charge in [-0.15, -0.1) is 0 Å². The van der Waals surface area contributed by atoms with Gasteiger partial charge in [0.05, 0.1) is 11.3 Å². The standard InChI is InChI=1S/C20H21N3O5S2/c1-12(2)23-19(25)14-10-9-13(11-17(14)30(23,27)28)18(24)21-15-7-5-6-8-16(15)29-20(26)22(3)4/h5-12H,1-4H3,(H,21,24). The summed E-state index contributed by atoms with van der Waals surface area (Å²) in [6.45, 7) is 3.22. The molecule has 1 aliphatic rings. The fraction of sp³-hybridized carbons (Fsp3) is 0.250. The Morgan fingerprint density at radius 3 is 2.40 bits per heavy atom. The van der Waals surface area contributed by atoms with Gasteiger partial charge in [-0.2, -0.15) is 0 Å². The molecular weight excluding hydrogens is 426 g/mol. The molecule has 1 N–H and O–H groups in total. The summed E-state index contributed by atoms with van der Waals surface area (Å²) < 4.78 is 26.3. The van der Waals surface area contributed by atoms with Crippen LogP contribution in [0.25, 0.3) is 0 Å². The van der Waals surface area contributed by atoms with Gasteiger partial charge in [-0.1, -0.05) is 12.1 Å². The van der Waals surface area contributed by atoms with Crippen molar-refractivity contribution in [2.75, 3.05) is 19.4 Å². The van der Waals surface area contributed by atoms with E-state index in [0.717, 1.165) is 16.1 Å². The summed E-state index contributed by atoms with van der Waals surface area (Å²) in [5, 5.41) is 2.51. The number of anilines is 1. The highest BCUT2D eigenvalue weighted by Gasteiger charge is 2.42. The van der Waals surface area contributed by atoms with E-state index in [9.17, 15) is 22.8 Å². The molecule has 0 aromatic heterocycles. The van der Waals surface area contributed by atoms with Crippen LogP contribution in [0.5, 0.6) is 0 Å². The number of carbonyl (C=O) groups excluding carboxylic acids is 3. The van der Waals surface area contributed by atoms with Gasteiger partial charge in [0.15, 0.2) is 0 Å². The van der Waals surface area contributed by atoms with Crippen LogP contribution in [-0.4, -0.2) is 54.8 Å². The Kier molecular flexibility index (Phi) is 5.91. The second-order valence-corrected chi connectivity index (χ2v) is 9.90. The van der Waals surface area contributed by atoms with E-state index in [0.29, 0.717) is 10.6 Å². The minimum Gasteiger partial charge on any atom is -0.339 e. The molecule has 0 fully saturated rings. The number of benzene rings is 2. The number of nitrogens with zero attached hydrogens (tertiary/aromatic N) is 2. The molecular formula is C20H21N3O5S2. The first-order chi connectivity index (χ1) is 14.0. The lowest BCUT2D eigenvalue weighted by molar-refractivity contribution is 0.0846. The highest BCUT2D eigenvalue weighted by Crippen LogP contribution is 2.33. The summed E-state index contributed by atoms with van der Waals surface area (Å²) in [5.41, 5.74) is 0.563. The summed E-state index contributed by atoms with van der Waals surface area (Å²) in [7, 11) is -0.751. The molecule has 0 spiro atoms. The fourth-order valence-electron chi connectivity index (χ4n) is 2.94. The number of hydrogen-bond donors (Lipinski definition) is 1. The topological polar surface area (TPSA) is 104 Å². The van der Waals surface area contributed by atoms with Gasteiger partial charge >= 0.3 is 0 Å². The molecule has 8 nitrogen and oxygen atoms in total. The molecule has 30 heavy (non-hydrogen) atoms. The van der Waals surface area contributed by atoms with Gasteiger partial charge in [-0.25, -0.2) is 12.7 Å². The lowest BCUT2D eigenvalue weighted by Gasteiger charge is -2.18. The number of amides is 3. The molecule has 0 bridgehead atoms. The van der Waals surface area contributed by atoms with E-state index in [-0.39, 0.29) is 21.3 Å². The van der Waals surface area contributed by atoms with Gasteiger partial charge in [-0.05, 0) is 55.9 Å². The van der Waals surface area contributed by atoms with Crippen LogP contribution in [-0.2, 0) is 10.0 Å². The Morgan fingerprint density at radius 2 is 1.77 bits per heavy atom. The molecule has 3 amide bonds. The quantitative estimate of drug-likeness (QED) is 0.722. The summed E-state index contributed by atoms with van der Waals surface area (Å²) in [4.78, 5) is 39.0. The minimum atomic E-state index is -4.01. The monoisotopic (exact) mass is 447 g/mol. The predicted molar refractivity (Wildman–Crippen MR) is 114 cm³/mol. The number of carbonyl (C=O) groups is 3. The molecule has 0 radical (unpaired) electrons. The second-order valence-electron chi connectivity index (χ2n) is 7.12. The molecule has 0 saturated heterocycles. The zero-order valence-electron chi connectivity index (χ0n) is 16.9. The SMILES string of the molecule is CC(C)N1C(=O)c2ccc(C(=O)Nc3ccccc3SC(=O)N(C)C)cc2S1(=O)=O.